The van der Waals surface area contributed by atoms with Gasteiger partial charge in [-0.2, -0.15) is 0 Å². The molecule has 2 heteroatoms. The van der Waals surface area contributed by atoms with Crippen LogP contribution < -0.4 is 5.32 Å². The van der Waals surface area contributed by atoms with E-state index in [2.05, 4.69) is 26.1 Å². The number of aliphatic hydroxyl groups excluding tert-OH is 1. The van der Waals surface area contributed by atoms with Gasteiger partial charge >= 0.3 is 0 Å². The summed E-state index contributed by atoms with van der Waals surface area (Å²) in [5, 5.41) is 13.3. The van der Waals surface area contributed by atoms with Gasteiger partial charge in [-0.25, -0.2) is 0 Å². The Hall–Kier alpha value is -0.860. The number of rotatable bonds is 4. The third-order valence-electron chi connectivity index (χ3n) is 2.54. The SMILES string of the molecule is Cc1ccccc1C(O)CNCC(C)(C)C. The molecule has 1 rings (SSSR count). The standard InChI is InChI=1S/C14H23NO/c1-11-7-5-6-8-12(11)13(16)9-15-10-14(2,3)4/h5-8,13,15-16H,9-10H2,1-4H3. The third kappa shape index (κ3) is 4.33. The Morgan fingerprint density at radius 3 is 2.44 bits per heavy atom. The van der Waals surface area contributed by atoms with E-state index in [-0.39, 0.29) is 5.41 Å². The summed E-state index contributed by atoms with van der Waals surface area (Å²) >= 11 is 0. The van der Waals surface area contributed by atoms with Gasteiger partial charge in [0.15, 0.2) is 0 Å². The molecule has 2 N–H and O–H groups in total. The van der Waals surface area contributed by atoms with Crippen LogP contribution in [0.2, 0.25) is 0 Å². The predicted molar refractivity (Wildman–Crippen MR) is 68.5 cm³/mol. The Balaban J connectivity index is 2.47. The Labute approximate surface area is 98.7 Å². The van der Waals surface area contributed by atoms with Crippen molar-refractivity contribution in [2.75, 3.05) is 13.1 Å². The zero-order valence-electron chi connectivity index (χ0n) is 10.7. The lowest BCUT2D eigenvalue weighted by Gasteiger charge is -2.21. The van der Waals surface area contributed by atoms with Crippen LogP contribution in [0.15, 0.2) is 24.3 Å². The fourth-order valence-corrected chi connectivity index (χ4v) is 1.65. The summed E-state index contributed by atoms with van der Waals surface area (Å²) in [5.41, 5.74) is 2.42. The molecule has 0 radical (unpaired) electrons. The first-order valence-corrected chi connectivity index (χ1v) is 5.84. The van der Waals surface area contributed by atoms with Crippen LogP contribution >= 0.6 is 0 Å². The highest BCUT2D eigenvalue weighted by Gasteiger charge is 2.12. The van der Waals surface area contributed by atoms with Crippen molar-refractivity contribution < 1.29 is 5.11 Å². The average Bonchev–Trinajstić information content (AvgIpc) is 2.16. The largest absolute Gasteiger partial charge is 0.387 e. The highest BCUT2D eigenvalue weighted by molar-refractivity contribution is 5.27. The van der Waals surface area contributed by atoms with Crippen LogP contribution in [-0.2, 0) is 0 Å². The lowest BCUT2D eigenvalue weighted by atomic mass is 9.96. The monoisotopic (exact) mass is 221 g/mol. The Morgan fingerprint density at radius 1 is 1.25 bits per heavy atom. The van der Waals surface area contributed by atoms with Crippen molar-refractivity contribution in [3.63, 3.8) is 0 Å². The summed E-state index contributed by atoms with van der Waals surface area (Å²) in [5.74, 6) is 0. The van der Waals surface area contributed by atoms with Crippen molar-refractivity contribution in [1.82, 2.24) is 5.32 Å². The highest BCUT2D eigenvalue weighted by Crippen LogP contribution is 2.17. The van der Waals surface area contributed by atoms with Gasteiger partial charge in [-0.1, -0.05) is 45.0 Å². The van der Waals surface area contributed by atoms with E-state index >= 15 is 0 Å². The molecule has 0 heterocycles. The van der Waals surface area contributed by atoms with Gasteiger partial charge in [0.05, 0.1) is 6.10 Å². The van der Waals surface area contributed by atoms with Crippen LogP contribution in [0, 0.1) is 12.3 Å². The van der Waals surface area contributed by atoms with Crippen LogP contribution in [0.3, 0.4) is 0 Å². The molecule has 1 aromatic carbocycles. The van der Waals surface area contributed by atoms with Crippen molar-refractivity contribution >= 4 is 0 Å². The molecule has 0 saturated carbocycles. The van der Waals surface area contributed by atoms with Crippen LogP contribution in [0.1, 0.15) is 38.0 Å². The van der Waals surface area contributed by atoms with E-state index in [1.54, 1.807) is 0 Å². The highest BCUT2D eigenvalue weighted by atomic mass is 16.3. The first kappa shape index (κ1) is 13.2. The third-order valence-corrected chi connectivity index (χ3v) is 2.54. The molecule has 0 fully saturated rings. The van der Waals surface area contributed by atoms with Crippen molar-refractivity contribution in [2.24, 2.45) is 5.41 Å². The second kappa shape index (κ2) is 5.46. The molecule has 1 aromatic rings. The molecule has 0 amide bonds. The first-order valence-electron chi connectivity index (χ1n) is 5.84. The molecule has 0 aromatic heterocycles. The lowest BCUT2D eigenvalue weighted by Crippen LogP contribution is -2.30. The zero-order valence-corrected chi connectivity index (χ0v) is 10.7. The van der Waals surface area contributed by atoms with E-state index in [0.29, 0.717) is 6.54 Å². The number of aliphatic hydroxyl groups is 1. The molecule has 0 aliphatic carbocycles. The summed E-state index contributed by atoms with van der Waals surface area (Å²) in [7, 11) is 0. The molecule has 1 atom stereocenters. The maximum absolute atomic E-state index is 10.0. The molecule has 16 heavy (non-hydrogen) atoms. The quantitative estimate of drug-likeness (QED) is 0.819. The zero-order chi connectivity index (χ0) is 12.2. The summed E-state index contributed by atoms with van der Waals surface area (Å²) in [4.78, 5) is 0. The van der Waals surface area contributed by atoms with Gasteiger partial charge in [-0.15, -0.1) is 0 Å². The smallest absolute Gasteiger partial charge is 0.0916 e. The number of hydrogen-bond donors (Lipinski definition) is 2. The van der Waals surface area contributed by atoms with E-state index in [1.165, 1.54) is 0 Å². The second-order valence-electron chi connectivity index (χ2n) is 5.56. The van der Waals surface area contributed by atoms with Crippen LogP contribution in [0.4, 0.5) is 0 Å². The average molecular weight is 221 g/mol. The van der Waals surface area contributed by atoms with Gasteiger partial charge < -0.3 is 10.4 Å². The van der Waals surface area contributed by atoms with Crippen molar-refractivity contribution in [2.45, 2.75) is 33.8 Å². The van der Waals surface area contributed by atoms with Gasteiger partial charge in [0.1, 0.15) is 0 Å². The Kier molecular flexibility index (Phi) is 4.51. The van der Waals surface area contributed by atoms with Gasteiger partial charge in [0.2, 0.25) is 0 Å². The minimum Gasteiger partial charge on any atom is -0.387 e. The molecule has 0 spiro atoms. The number of hydrogen-bond acceptors (Lipinski definition) is 2. The van der Waals surface area contributed by atoms with Crippen molar-refractivity contribution in [1.29, 1.82) is 0 Å². The first-order chi connectivity index (χ1) is 7.40. The number of aryl methyl sites for hydroxylation is 1. The number of nitrogens with one attached hydrogen (secondary N) is 1. The van der Waals surface area contributed by atoms with Crippen LogP contribution in [-0.4, -0.2) is 18.2 Å². The van der Waals surface area contributed by atoms with Crippen LogP contribution in [0.5, 0.6) is 0 Å². The summed E-state index contributed by atoms with van der Waals surface area (Å²) in [6.07, 6.45) is -0.413. The summed E-state index contributed by atoms with van der Waals surface area (Å²) in [6.45, 7) is 10.1. The minimum absolute atomic E-state index is 0.255. The summed E-state index contributed by atoms with van der Waals surface area (Å²) < 4.78 is 0. The molecule has 0 aliphatic rings. The minimum atomic E-state index is -0.413. The van der Waals surface area contributed by atoms with Crippen LogP contribution in [0.25, 0.3) is 0 Å². The number of benzene rings is 1. The lowest BCUT2D eigenvalue weighted by molar-refractivity contribution is 0.169. The topological polar surface area (TPSA) is 32.3 Å². The fourth-order valence-electron chi connectivity index (χ4n) is 1.65. The van der Waals surface area contributed by atoms with E-state index in [4.69, 9.17) is 0 Å². The molecule has 0 bridgehead atoms. The van der Waals surface area contributed by atoms with Gasteiger partial charge in [-0.3, -0.25) is 0 Å². The van der Waals surface area contributed by atoms with E-state index in [1.807, 2.05) is 31.2 Å². The normalized spacial score (nSPS) is 13.8. The maximum atomic E-state index is 10.0. The second-order valence-corrected chi connectivity index (χ2v) is 5.56. The molecule has 0 aliphatic heterocycles. The summed E-state index contributed by atoms with van der Waals surface area (Å²) in [6, 6.07) is 7.98. The molecule has 2 nitrogen and oxygen atoms in total. The molecular formula is C14H23NO. The van der Waals surface area contributed by atoms with E-state index in [9.17, 15) is 5.11 Å². The Morgan fingerprint density at radius 2 is 1.88 bits per heavy atom. The van der Waals surface area contributed by atoms with E-state index < -0.39 is 6.10 Å². The van der Waals surface area contributed by atoms with Crippen molar-refractivity contribution in [3.8, 4) is 0 Å². The maximum Gasteiger partial charge on any atom is 0.0916 e. The predicted octanol–water partition coefficient (Wildman–Crippen LogP) is 2.66. The Bertz CT molecular complexity index is 328. The molecule has 0 saturated heterocycles. The molecule has 90 valence electrons. The van der Waals surface area contributed by atoms with E-state index in [0.717, 1.165) is 17.7 Å². The fraction of sp³-hybridized carbons (Fsp3) is 0.571. The van der Waals surface area contributed by atoms with Crippen molar-refractivity contribution in [3.05, 3.63) is 35.4 Å². The van der Waals surface area contributed by atoms with Gasteiger partial charge in [0.25, 0.3) is 0 Å². The van der Waals surface area contributed by atoms with Gasteiger partial charge in [0, 0.05) is 13.1 Å². The van der Waals surface area contributed by atoms with Gasteiger partial charge in [-0.05, 0) is 23.5 Å². The molecular weight excluding hydrogens is 198 g/mol. The molecule has 1 unspecified atom stereocenters.